The van der Waals surface area contributed by atoms with Crippen molar-refractivity contribution in [2.24, 2.45) is 0 Å². The zero-order valence-corrected chi connectivity index (χ0v) is 14.8. The highest BCUT2D eigenvalue weighted by atomic mass is 32.2. The molecule has 3 rings (SSSR count). The summed E-state index contributed by atoms with van der Waals surface area (Å²) in [5, 5.41) is 0. The standard InChI is InChI=1S/C19H24N2O2S/c1-16-5-11-19(12-6-16)24(22,23)20-15-17-7-9-18(10-8-17)21-13-3-2-4-14-21/h5-12,20H,2-4,13-15H2,1H3. The molecule has 2 aromatic carbocycles. The van der Waals surface area contributed by atoms with Crippen LogP contribution in [0.25, 0.3) is 0 Å². The smallest absolute Gasteiger partial charge is 0.240 e. The van der Waals surface area contributed by atoms with Gasteiger partial charge >= 0.3 is 0 Å². The second kappa shape index (κ2) is 7.36. The number of aryl methyl sites for hydroxylation is 1. The molecule has 0 radical (unpaired) electrons. The van der Waals surface area contributed by atoms with Crippen molar-refractivity contribution >= 4 is 15.7 Å². The van der Waals surface area contributed by atoms with Crippen LogP contribution in [0.2, 0.25) is 0 Å². The van der Waals surface area contributed by atoms with Crippen molar-refractivity contribution in [3.63, 3.8) is 0 Å². The van der Waals surface area contributed by atoms with Gasteiger partial charge in [0.2, 0.25) is 10.0 Å². The van der Waals surface area contributed by atoms with E-state index in [1.54, 1.807) is 12.1 Å². The Labute approximate surface area is 144 Å². The minimum absolute atomic E-state index is 0.302. The molecule has 1 saturated heterocycles. The van der Waals surface area contributed by atoms with E-state index in [9.17, 15) is 8.42 Å². The Morgan fingerprint density at radius 2 is 1.54 bits per heavy atom. The van der Waals surface area contributed by atoms with Gasteiger partial charge in [-0.15, -0.1) is 0 Å². The summed E-state index contributed by atoms with van der Waals surface area (Å²) in [6, 6.07) is 15.1. The first-order valence-electron chi connectivity index (χ1n) is 8.45. The average molecular weight is 344 g/mol. The van der Waals surface area contributed by atoms with Crippen molar-refractivity contribution in [1.82, 2.24) is 4.72 Å². The van der Waals surface area contributed by atoms with Crippen LogP contribution in [0.1, 0.15) is 30.4 Å². The molecule has 1 aliphatic heterocycles. The second-order valence-corrected chi connectivity index (χ2v) is 8.12. The summed E-state index contributed by atoms with van der Waals surface area (Å²) < 4.78 is 27.3. The first-order chi connectivity index (χ1) is 11.5. The molecule has 0 bridgehead atoms. The highest BCUT2D eigenvalue weighted by molar-refractivity contribution is 7.89. The van der Waals surface area contributed by atoms with Crippen LogP contribution in [0.5, 0.6) is 0 Å². The molecule has 24 heavy (non-hydrogen) atoms. The highest BCUT2D eigenvalue weighted by Crippen LogP contribution is 2.20. The maximum Gasteiger partial charge on any atom is 0.240 e. The number of sulfonamides is 1. The van der Waals surface area contributed by atoms with Gasteiger partial charge in [-0.05, 0) is 56.0 Å². The predicted molar refractivity (Wildman–Crippen MR) is 97.7 cm³/mol. The lowest BCUT2D eigenvalue weighted by atomic mass is 10.1. The Morgan fingerprint density at radius 3 is 2.17 bits per heavy atom. The van der Waals surface area contributed by atoms with Gasteiger partial charge in [-0.1, -0.05) is 29.8 Å². The third-order valence-electron chi connectivity index (χ3n) is 4.46. The first kappa shape index (κ1) is 17.0. The SMILES string of the molecule is Cc1ccc(S(=O)(=O)NCc2ccc(N3CCCCC3)cc2)cc1. The van der Waals surface area contributed by atoms with Gasteiger partial charge in [0.1, 0.15) is 0 Å². The third-order valence-corrected chi connectivity index (χ3v) is 5.87. The molecule has 0 unspecified atom stereocenters. The van der Waals surface area contributed by atoms with Gasteiger partial charge < -0.3 is 4.90 Å². The molecular formula is C19H24N2O2S. The zero-order chi connectivity index (χ0) is 17.0. The summed E-state index contributed by atoms with van der Waals surface area (Å²) in [5.41, 5.74) is 3.23. The van der Waals surface area contributed by atoms with Gasteiger partial charge in [0.15, 0.2) is 0 Å². The van der Waals surface area contributed by atoms with Crippen LogP contribution in [0.3, 0.4) is 0 Å². The minimum Gasteiger partial charge on any atom is -0.372 e. The van der Waals surface area contributed by atoms with Crippen molar-refractivity contribution in [3.05, 3.63) is 59.7 Å². The number of rotatable bonds is 5. The highest BCUT2D eigenvalue weighted by Gasteiger charge is 2.14. The van der Waals surface area contributed by atoms with Crippen LogP contribution < -0.4 is 9.62 Å². The van der Waals surface area contributed by atoms with Gasteiger partial charge in [0, 0.05) is 25.3 Å². The van der Waals surface area contributed by atoms with E-state index >= 15 is 0 Å². The second-order valence-electron chi connectivity index (χ2n) is 6.35. The molecule has 0 aromatic heterocycles. The normalized spacial score (nSPS) is 15.5. The first-order valence-corrected chi connectivity index (χ1v) is 9.93. The van der Waals surface area contributed by atoms with Crippen molar-refractivity contribution in [1.29, 1.82) is 0 Å². The molecule has 2 aromatic rings. The van der Waals surface area contributed by atoms with Gasteiger partial charge in [-0.25, -0.2) is 13.1 Å². The number of benzene rings is 2. The summed E-state index contributed by atoms with van der Waals surface area (Å²) >= 11 is 0. The van der Waals surface area contributed by atoms with Gasteiger partial charge in [-0.3, -0.25) is 0 Å². The van der Waals surface area contributed by atoms with Crippen molar-refractivity contribution in [2.45, 2.75) is 37.6 Å². The molecule has 0 aliphatic carbocycles. The van der Waals surface area contributed by atoms with E-state index in [1.165, 1.54) is 24.9 Å². The number of hydrogen-bond acceptors (Lipinski definition) is 3. The average Bonchev–Trinajstić information content (AvgIpc) is 2.62. The summed E-state index contributed by atoms with van der Waals surface area (Å²) in [4.78, 5) is 2.70. The Morgan fingerprint density at radius 1 is 0.917 bits per heavy atom. The van der Waals surface area contributed by atoms with E-state index in [0.29, 0.717) is 11.4 Å². The van der Waals surface area contributed by atoms with Crippen molar-refractivity contribution in [2.75, 3.05) is 18.0 Å². The monoisotopic (exact) mass is 344 g/mol. The summed E-state index contributed by atoms with van der Waals surface area (Å²) in [7, 11) is -3.47. The molecule has 0 amide bonds. The molecule has 0 spiro atoms. The van der Waals surface area contributed by atoms with Crippen LogP contribution in [-0.4, -0.2) is 21.5 Å². The fraction of sp³-hybridized carbons (Fsp3) is 0.368. The lowest BCUT2D eigenvalue weighted by Crippen LogP contribution is -2.29. The number of nitrogens with zero attached hydrogens (tertiary/aromatic N) is 1. The van der Waals surface area contributed by atoms with Crippen LogP contribution >= 0.6 is 0 Å². The van der Waals surface area contributed by atoms with Crippen LogP contribution in [-0.2, 0) is 16.6 Å². The molecule has 1 heterocycles. The van der Waals surface area contributed by atoms with Gasteiger partial charge in [0.25, 0.3) is 0 Å². The number of hydrogen-bond donors (Lipinski definition) is 1. The van der Waals surface area contributed by atoms with Gasteiger partial charge in [-0.2, -0.15) is 0 Å². The van der Waals surface area contributed by atoms with E-state index in [0.717, 1.165) is 24.2 Å². The van der Waals surface area contributed by atoms with Crippen molar-refractivity contribution in [3.8, 4) is 0 Å². The number of anilines is 1. The van der Waals surface area contributed by atoms with E-state index < -0.39 is 10.0 Å². The van der Waals surface area contributed by atoms with Gasteiger partial charge in [0.05, 0.1) is 4.90 Å². The zero-order valence-electron chi connectivity index (χ0n) is 14.0. The molecule has 1 aliphatic rings. The lowest BCUT2D eigenvalue weighted by Gasteiger charge is -2.28. The Hall–Kier alpha value is -1.85. The summed E-state index contributed by atoms with van der Waals surface area (Å²) in [5.74, 6) is 0. The predicted octanol–water partition coefficient (Wildman–Crippen LogP) is 3.46. The fourth-order valence-corrected chi connectivity index (χ4v) is 3.97. The molecule has 1 fully saturated rings. The van der Waals surface area contributed by atoms with E-state index in [1.807, 2.05) is 31.2 Å². The van der Waals surface area contributed by atoms with E-state index in [2.05, 4.69) is 21.8 Å². The van der Waals surface area contributed by atoms with Crippen molar-refractivity contribution < 1.29 is 8.42 Å². The molecule has 128 valence electrons. The molecular weight excluding hydrogens is 320 g/mol. The molecule has 0 atom stereocenters. The largest absolute Gasteiger partial charge is 0.372 e. The third kappa shape index (κ3) is 4.16. The molecule has 5 heteroatoms. The number of nitrogens with one attached hydrogen (secondary N) is 1. The summed E-state index contributed by atoms with van der Waals surface area (Å²) in [6.45, 7) is 4.46. The topological polar surface area (TPSA) is 49.4 Å². The Balaban J connectivity index is 1.62. The maximum absolute atomic E-state index is 12.3. The molecule has 4 nitrogen and oxygen atoms in total. The van der Waals surface area contributed by atoms with Crippen LogP contribution in [0.4, 0.5) is 5.69 Å². The fourth-order valence-electron chi connectivity index (χ4n) is 2.96. The summed E-state index contributed by atoms with van der Waals surface area (Å²) in [6.07, 6.45) is 3.81. The Bertz CT molecular complexity index is 762. The minimum atomic E-state index is -3.47. The maximum atomic E-state index is 12.3. The van der Waals surface area contributed by atoms with Crippen LogP contribution in [0.15, 0.2) is 53.4 Å². The molecule has 0 saturated carbocycles. The quantitative estimate of drug-likeness (QED) is 0.903. The lowest BCUT2D eigenvalue weighted by molar-refractivity contribution is 0.577. The van der Waals surface area contributed by atoms with E-state index in [-0.39, 0.29) is 0 Å². The molecule has 1 N–H and O–H groups in total. The Kier molecular flexibility index (Phi) is 5.21. The van der Waals surface area contributed by atoms with Crippen LogP contribution in [0, 0.1) is 6.92 Å². The number of piperidine rings is 1. The van der Waals surface area contributed by atoms with E-state index in [4.69, 9.17) is 0 Å².